The Balaban J connectivity index is 1.41. The summed E-state index contributed by atoms with van der Waals surface area (Å²) in [6, 6.07) is 15.7. The zero-order valence-electron chi connectivity index (χ0n) is 15.1. The third-order valence-electron chi connectivity index (χ3n) is 5.06. The van der Waals surface area contributed by atoms with Gasteiger partial charge in [-0.1, -0.05) is 18.2 Å². The van der Waals surface area contributed by atoms with Gasteiger partial charge in [0.25, 0.3) is 0 Å². The minimum Gasteiger partial charge on any atom is -0.486 e. The molecule has 0 radical (unpaired) electrons. The second-order valence-electron chi connectivity index (χ2n) is 7.09. The summed E-state index contributed by atoms with van der Waals surface area (Å²) in [4.78, 5) is 5.05. The molecular formula is C21H26N2O2. The largest absolute Gasteiger partial charge is 0.486 e. The zero-order valence-corrected chi connectivity index (χ0v) is 15.1. The van der Waals surface area contributed by atoms with Gasteiger partial charge in [0, 0.05) is 37.9 Å². The molecule has 4 heteroatoms. The third kappa shape index (κ3) is 3.59. The fraction of sp³-hybridized carbons (Fsp3) is 0.429. The number of benzene rings is 2. The van der Waals surface area contributed by atoms with E-state index in [9.17, 15) is 0 Å². The van der Waals surface area contributed by atoms with E-state index < -0.39 is 0 Å². The van der Waals surface area contributed by atoms with Gasteiger partial charge in [0.15, 0.2) is 11.5 Å². The maximum absolute atomic E-state index is 5.71. The SMILES string of the molecule is Cc1cccc(N2CCN(Cc3ccc4c(c3)OCCO4)CC2C)c1. The second-order valence-corrected chi connectivity index (χ2v) is 7.09. The lowest BCUT2D eigenvalue weighted by Gasteiger charge is -2.41. The van der Waals surface area contributed by atoms with Crippen LogP contribution >= 0.6 is 0 Å². The van der Waals surface area contributed by atoms with Gasteiger partial charge in [0.2, 0.25) is 0 Å². The predicted octanol–water partition coefficient (Wildman–Crippen LogP) is 3.48. The van der Waals surface area contributed by atoms with Gasteiger partial charge in [-0.25, -0.2) is 0 Å². The van der Waals surface area contributed by atoms with Crippen LogP contribution in [0, 0.1) is 6.92 Å². The Hall–Kier alpha value is -2.20. The highest BCUT2D eigenvalue weighted by Crippen LogP contribution is 2.31. The van der Waals surface area contributed by atoms with Crippen LogP contribution in [0.25, 0.3) is 0 Å². The quantitative estimate of drug-likeness (QED) is 0.855. The van der Waals surface area contributed by atoms with Gasteiger partial charge < -0.3 is 14.4 Å². The summed E-state index contributed by atoms with van der Waals surface area (Å²) in [5.41, 5.74) is 3.95. The molecule has 4 nitrogen and oxygen atoms in total. The standard InChI is InChI=1S/C21H26N2O2/c1-16-4-3-5-19(12-16)23-9-8-22(14-17(23)2)15-18-6-7-20-21(13-18)25-11-10-24-20/h3-7,12-13,17H,8-11,14-15H2,1-2H3. The first-order valence-electron chi connectivity index (χ1n) is 9.13. The maximum atomic E-state index is 5.71. The highest BCUT2D eigenvalue weighted by atomic mass is 16.6. The normalized spacial score (nSPS) is 20.6. The Bertz CT molecular complexity index is 746. The molecular weight excluding hydrogens is 312 g/mol. The average Bonchev–Trinajstić information content (AvgIpc) is 2.62. The first-order chi connectivity index (χ1) is 12.2. The molecule has 0 N–H and O–H groups in total. The lowest BCUT2D eigenvalue weighted by atomic mass is 10.1. The number of rotatable bonds is 3. The summed E-state index contributed by atoms with van der Waals surface area (Å²) in [5.74, 6) is 1.75. The number of ether oxygens (including phenoxy) is 2. The number of anilines is 1. The zero-order chi connectivity index (χ0) is 17.2. The molecule has 4 rings (SSSR count). The summed E-state index contributed by atoms with van der Waals surface area (Å²) in [7, 11) is 0. The van der Waals surface area contributed by atoms with E-state index in [1.165, 1.54) is 16.8 Å². The summed E-state index contributed by atoms with van der Waals surface area (Å²) >= 11 is 0. The van der Waals surface area contributed by atoms with Gasteiger partial charge in [-0.2, -0.15) is 0 Å². The van der Waals surface area contributed by atoms with Crippen molar-refractivity contribution in [3.05, 3.63) is 53.6 Å². The van der Waals surface area contributed by atoms with Gasteiger partial charge in [-0.05, 0) is 49.2 Å². The average molecular weight is 338 g/mol. The number of fused-ring (bicyclic) bond motifs is 1. The van der Waals surface area contributed by atoms with Crippen LogP contribution in [-0.4, -0.2) is 43.8 Å². The number of nitrogens with zero attached hydrogens (tertiary/aromatic N) is 2. The predicted molar refractivity (Wildman–Crippen MR) is 101 cm³/mol. The molecule has 1 unspecified atom stereocenters. The Kier molecular flexibility index (Phi) is 4.53. The van der Waals surface area contributed by atoms with Gasteiger partial charge in [-0.15, -0.1) is 0 Å². The van der Waals surface area contributed by atoms with Crippen LogP contribution < -0.4 is 14.4 Å². The molecule has 2 aliphatic rings. The van der Waals surface area contributed by atoms with E-state index in [-0.39, 0.29) is 0 Å². The summed E-state index contributed by atoms with van der Waals surface area (Å²) < 4.78 is 11.3. The lowest BCUT2D eigenvalue weighted by Crippen LogP contribution is -2.51. The van der Waals surface area contributed by atoms with Gasteiger partial charge in [0.05, 0.1) is 0 Å². The molecule has 132 valence electrons. The lowest BCUT2D eigenvalue weighted by molar-refractivity contribution is 0.170. The highest BCUT2D eigenvalue weighted by molar-refractivity contribution is 5.50. The van der Waals surface area contributed by atoms with Crippen LogP contribution in [0.3, 0.4) is 0 Å². The van der Waals surface area contributed by atoms with Crippen LogP contribution in [0.4, 0.5) is 5.69 Å². The molecule has 0 bridgehead atoms. The van der Waals surface area contributed by atoms with Gasteiger partial charge in [0.1, 0.15) is 13.2 Å². The molecule has 2 aromatic rings. The molecule has 0 amide bonds. The molecule has 1 fully saturated rings. The third-order valence-corrected chi connectivity index (χ3v) is 5.06. The van der Waals surface area contributed by atoms with Crippen molar-refractivity contribution in [2.45, 2.75) is 26.4 Å². The van der Waals surface area contributed by atoms with Crippen LogP contribution in [-0.2, 0) is 6.54 Å². The summed E-state index contributed by atoms with van der Waals surface area (Å²) in [6.07, 6.45) is 0. The van der Waals surface area contributed by atoms with Crippen molar-refractivity contribution in [2.24, 2.45) is 0 Å². The maximum Gasteiger partial charge on any atom is 0.161 e. The van der Waals surface area contributed by atoms with Crippen molar-refractivity contribution in [2.75, 3.05) is 37.7 Å². The van der Waals surface area contributed by atoms with Crippen molar-refractivity contribution < 1.29 is 9.47 Å². The fourth-order valence-corrected chi connectivity index (χ4v) is 3.81. The van der Waals surface area contributed by atoms with Crippen molar-refractivity contribution in [1.29, 1.82) is 0 Å². The Morgan fingerprint density at radius 3 is 2.64 bits per heavy atom. The first kappa shape index (κ1) is 16.3. The number of hydrogen-bond acceptors (Lipinski definition) is 4. The Morgan fingerprint density at radius 2 is 1.84 bits per heavy atom. The van der Waals surface area contributed by atoms with Crippen LogP contribution in [0.2, 0.25) is 0 Å². The van der Waals surface area contributed by atoms with Gasteiger partial charge >= 0.3 is 0 Å². The fourth-order valence-electron chi connectivity index (χ4n) is 3.81. The molecule has 2 heterocycles. The van der Waals surface area contributed by atoms with E-state index in [1.54, 1.807) is 0 Å². The molecule has 2 aliphatic heterocycles. The Morgan fingerprint density at radius 1 is 1.00 bits per heavy atom. The first-order valence-corrected chi connectivity index (χ1v) is 9.13. The minimum atomic E-state index is 0.507. The van der Waals surface area contributed by atoms with Crippen molar-refractivity contribution >= 4 is 5.69 Å². The number of hydrogen-bond donors (Lipinski definition) is 0. The van der Waals surface area contributed by atoms with Crippen LogP contribution in [0.1, 0.15) is 18.1 Å². The smallest absolute Gasteiger partial charge is 0.161 e. The monoisotopic (exact) mass is 338 g/mol. The van der Waals surface area contributed by atoms with E-state index in [4.69, 9.17) is 9.47 Å². The Labute approximate surface area is 150 Å². The molecule has 2 aromatic carbocycles. The number of piperazine rings is 1. The molecule has 25 heavy (non-hydrogen) atoms. The van der Waals surface area contributed by atoms with E-state index in [1.807, 2.05) is 6.07 Å². The topological polar surface area (TPSA) is 24.9 Å². The van der Waals surface area contributed by atoms with E-state index in [0.717, 1.165) is 37.7 Å². The van der Waals surface area contributed by atoms with E-state index >= 15 is 0 Å². The van der Waals surface area contributed by atoms with E-state index in [0.29, 0.717) is 19.3 Å². The van der Waals surface area contributed by atoms with Crippen LogP contribution in [0.5, 0.6) is 11.5 Å². The highest BCUT2D eigenvalue weighted by Gasteiger charge is 2.24. The van der Waals surface area contributed by atoms with Crippen LogP contribution in [0.15, 0.2) is 42.5 Å². The van der Waals surface area contributed by atoms with Crippen molar-refractivity contribution in [3.63, 3.8) is 0 Å². The summed E-state index contributed by atoms with van der Waals surface area (Å²) in [6.45, 7) is 9.94. The molecule has 0 aliphatic carbocycles. The molecule has 1 saturated heterocycles. The van der Waals surface area contributed by atoms with Crippen molar-refractivity contribution in [1.82, 2.24) is 4.90 Å². The van der Waals surface area contributed by atoms with Gasteiger partial charge in [-0.3, -0.25) is 4.90 Å². The van der Waals surface area contributed by atoms with Crippen molar-refractivity contribution in [3.8, 4) is 11.5 Å². The second kappa shape index (κ2) is 6.96. The molecule has 0 saturated carbocycles. The van der Waals surface area contributed by atoms with E-state index in [2.05, 4.69) is 60.0 Å². The molecule has 0 spiro atoms. The number of aryl methyl sites for hydroxylation is 1. The summed E-state index contributed by atoms with van der Waals surface area (Å²) in [5, 5.41) is 0. The molecule has 1 atom stereocenters. The molecule has 0 aromatic heterocycles. The minimum absolute atomic E-state index is 0.507.